The molecule has 2 aromatic carbocycles. The summed E-state index contributed by atoms with van der Waals surface area (Å²) in [4.78, 5) is 6.43. The van der Waals surface area contributed by atoms with Crippen molar-refractivity contribution in [3.63, 3.8) is 0 Å². The lowest BCUT2D eigenvalue weighted by Gasteiger charge is -2.34. The smallest absolute Gasteiger partial charge is 0.173 e. The number of piperidine rings is 1. The summed E-state index contributed by atoms with van der Waals surface area (Å²) in [5.74, 6) is -0.537. The molecule has 7 heteroatoms. The number of hydrogen-bond donors (Lipinski definition) is 1. The molecule has 26 heavy (non-hydrogen) atoms. The van der Waals surface area contributed by atoms with Gasteiger partial charge in [-0.1, -0.05) is 0 Å². The number of hydrogen-bond acceptors (Lipinski definition) is 2. The molecule has 0 amide bonds. The minimum atomic E-state index is -0.269. The Kier molecular flexibility index (Phi) is 4.55. The van der Waals surface area contributed by atoms with Gasteiger partial charge < -0.3 is 14.8 Å². The van der Waals surface area contributed by atoms with Crippen molar-refractivity contribution in [1.29, 1.82) is 0 Å². The van der Waals surface area contributed by atoms with Crippen LogP contribution in [-0.2, 0) is 0 Å². The van der Waals surface area contributed by atoms with E-state index in [9.17, 15) is 8.78 Å². The minimum absolute atomic E-state index is 0.269. The number of rotatable bonds is 2. The van der Waals surface area contributed by atoms with Gasteiger partial charge in [-0.15, -0.1) is 0 Å². The van der Waals surface area contributed by atoms with Crippen LogP contribution in [0.4, 0.5) is 14.5 Å². The van der Waals surface area contributed by atoms with Crippen LogP contribution in [-0.4, -0.2) is 32.7 Å². The van der Waals surface area contributed by atoms with E-state index in [1.807, 2.05) is 0 Å². The molecule has 0 aliphatic carbocycles. The van der Waals surface area contributed by atoms with E-state index in [-0.39, 0.29) is 11.6 Å². The molecule has 0 unspecified atom stereocenters. The first-order chi connectivity index (χ1) is 12.6. The van der Waals surface area contributed by atoms with Crippen LogP contribution in [0, 0.1) is 11.6 Å². The number of halogens is 2. The van der Waals surface area contributed by atoms with Crippen molar-refractivity contribution in [3.05, 3.63) is 60.4 Å². The van der Waals surface area contributed by atoms with E-state index in [1.54, 1.807) is 24.5 Å². The lowest BCUT2D eigenvalue weighted by molar-refractivity contribution is 0.272. The Bertz CT molecular complexity index is 930. The Hall–Kier alpha value is -2.54. The molecule has 0 spiro atoms. The fourth-order valence-corrected chi connectivity index (χ4v) is 3.68. The Labute approximate surface area is 155 Å². The minimum Gasteiger partial charge on any atom is -0.349 e. The number of imidazole rings is 1. The van der Waals surface area contributed by atoms with Crippen LogP contribution in [0.2, 0.25) is 0 Å². The number of fused-ring (bicyclic) bond motifs is 1. The third kappa shape index (κ3) is 3.39. The molecule has 4 nitrogen and oxygen atoms in total. The normalized spacial score (nSPS) is 15.4. The molecule has 1 N–H and O–H groups in total. The predicted molar refractivity (Wildman–Crippen MR) is 102 cm³/mol. The van der Waals surface area contributed by atoms with Gasteiger partial charge in [0.1, 0.15) is 11.6 Å². The first kappa shape index (κ1) is 16.9. The second kappa shape index (κ2) is 6.99. The van der Waals surface area contributed by atoms with Crippen LogP contribution >= 0.6 is 12.2 Å². The lowest BCUT2D eigenvalue weighted by atomic mass is 10.0. The van der Waals surface area contributed by atoms with Gasteiger partial charge in [0.15, 0.2) is 5.11 Å². The average Bonchev–Trinajstić information content (AvgIpc) is 3.06. The van der Waals surface area contributed by atoms with Crippen molar-refractivity contribution in [2.75, 3.05) is 18.4 Å². The highest BCUT2D eigenvalue weighted by atomic mass is 32.1. The largest absolute Gasteiger partial charge is 0.349 e. The van der Waals surface area contributed by atoms with E-state index >= 15 is 0 Å². The average molecular weight is 372 g/mol. The molecule has 0 bridgehead atoms. The second-order valence-corrected chi connectivity index (χ2v) is 6.83. The van der Waals surface area contributed by atoms with Gasteiger partial charge in [0.05, 0.1) is 17.4 Å². The van der Waals surface area contributed by atoms with Crippen molar-refractivity contribution < 1.29 is 8.78 Å². The molecule has 1 fully saturated rings. The lowest BCUT2D eigenvalue weighted by Crippen LogP contribution is -2.41. The van der Waals surface area contributed by atoms with E-state index < -0.39 is 0 Å². The van der Waals surface area contributed by atoms with E-state index in [2.05, 4.69) is 19.8 Å². The van der Waals surface area contributed by atoms with Crippen LogP contribution in [0.25, 0.3) is 11.0 Å². The SMILES string of the molecule is Fc1ccc(NC(=S)N2CCC(n3cnc4cc(F)ccc43)CC2)cc1. The maximum Gasteiger partial charge on any atom is 0.173 e. The third-order valence-electron chi connectivity index (χ3n) is 4.78. The molecule has 134 valence electrons. The van der Waals surface area contributed by atoms with Gasteiger partial charge in [0, 0.05) is 30.9 Å². The Morgan fingerprint density at radius 2 is 1.73 bits per heavy atom. The fraction of sp³-hybridized carbons (Fsp3) is 0.263. The molecule has 4 rings (SSSR count). The van der Waals surface area contributed by atoms with Crippen molar-refractivity contribution in [1.82, 2.24) is 14.5 Å². The Balaban J connectivity index is 1.40. The molecule has 0 atom stereocenters. The molecular weight excluding hydrogens is 354 g/mol. The van der Waals surface area contributed by atoms with Crippen molar-refractivity contribution in [2.24, 2.45) is 0 Å². The van der Waals surface area contributed by atoms with Gasteiger partial charge >= 0.3 is 0 Å². The first-order valence-corrected chi connectivity index (χ1v) is 8.94. The van der Waals surface area contributed by atoms with Crippen LogP contribution in [0.15, 0.2) is 48.8 Å². The monoisotopic (exact) mass is 372 g/mol. The van der Waals surface area contributed by atoms with Gasteiger partial charge in [-0.2, -0.15) is 0 Å². The molecular formula is C19H18F2N4S. The van der Waals surface area contributed by atoms with Crippen molar-refractivity contribution >= 4 is 34.1 Å². The van der Waals surface area contributed by atoms with E-state index in [0.717, 1.165) is 37.1 Å². The van der Waals surface area contributed by atoms with Gasteiger partial charge in [-0.05, 0) is 61.5 Å². The van der Waals surface area contributed by atoms with Gasteiger partial charge in [-0.25, -0.2) is 13.8 Å². The number of likely N-dealkylation sites (tertiary alicyclic amines) is 1. The maximum atomic E-state index is 13.3. The summed E-state index contributed by atoms with van der Waals surface area (Å²) >= 11 is 5.48. The van der Waals surface area contributed by atoms with Gasteiger partial charge in [-0.3, -0.25) is 0 Å². The highest BCUT2D eigenvalue weighted by Crippen LogP contribution is 2.27. The molecule has 1 aliphatic heterocycles. The van der Waals surface area contributed by atoms with E-state index in [4.69, 9.17) is 12.2 Å². The summed E-state index contributed by atoms with van der Waals surface area (Å²) in [5.41, 5.74) is 2.42. The Morgan fingerprint density at radius 3 is 2.46 bits per heavy atom. The topological polar surface area (TPSA) is 33.1 Å². The fourth-order valence-electron chi connectivity index (χ4n) is 3.38. The maximum absolute atomic E-state index is 13.3. The number of thiocarbonyl (C=S) groups is 1. The summed E-state index contributed by atoms with van der Waals surface area (Å²) in [5, 5.41) is 3.80. The number of benzene rings is 2. The highest BCUT2D eigenvalue weighted by Gasteiger charge is 2.23. The zero-order chi connectivity index (χ0) is 18.1. The summed E-state index contributed by atoms with van der Waals surface area (Å²) in [6.45, 7) is 1.64. The van der Waals surface area contributed by atoms with Crippen LogP contribution in [0.3, 0.4) is 0 Å². The van der Waals surface area contributed by atoms with Gasteiger partial charge in [0.2, 0.25) is 0 Å². The van der Waals surface area contributed by atoms with Gasteiger partial charge in [0.25, 0.3) is 0 Å². The van der Waals surface area contributed by atoms with Crippen LogP contribution < -0.4 is 5.32 Å². The zero-order valence-corrected chi connectivity index (χ0v) is 14.8. The summed E-state index contributed by atoms with van der Waals surface area (Å²) in [6, 6.07) is 11.2. The molecule has 2 heterocycles. The summed E-state index contributed by atoms with van der Waals surface area (Å²) < 4.78 is 28.4. The molecule has 3 aromatic rings. The molecule has 1 aliphatic rings. The molecule has 1 aromatic heterocycles. The Morgan fingerprint density at radius 1 is 1.04 bits per heavy atom. The second-order valence-electron chi connectivity index (χ2n) is 6.44. The number of anilines is 1. The quantitative estimate of drug-likeness (QED) is 0.678. The number of nitrogens with one attached hydrogen (secondary N) is 1. The predicted octanol–water partition coefficient (Wildman–Crippen LogP) is 4.35. The van der Waals surface area contributed by atoms with E-state index in [0.29, 0.717) is 16.7 Å². The third-order valence-corrected chi connectivity index (χ3v) is 5.14. The van der Waals surface area contributed by atoms with Crippen molar-refractivity contribution in [2.45, 2.75) is 18.9 Å². The highest BCUT2D eigenvalue weighted by molar-refractivity contribution is 7.80. The summed E-state index contributed by atoms with van der Waals surface area (Å²) in [7, 11) is 0. The number of aromatic nitrogens is 2. The van der Waals surface area contributed by atoms with Crippen LogP contribution in [0.1, 0.15) is 18.9 Å². The molecule has 0 saturated carbocycles. The first-order valence-electron chi connectivity index (χ1n) is 8.54. The zero-order valence-electron chi connectivity index (χ0n) is 14.0. The van der Waals surface area contributed by atoms with Crippen LogP contribution in [0.5, 0.6) is 0 Å². The van der Waals surface area contributed by atoms with Crippen molar-refractivity contribution in [3.8, 4) is 0 Å². The molecule has 0 radical (unpaired) electrons. The standard InChI is InChI=1S/C19H18F2N4S/c20-13-1-4-15(5-2-13)23-19(26)24-9-7-16(8-10-24)25-12-22-17-11-14(21)3-6-18(17)25/h1-6,11-12,16H,7-10H2,(H,23,26). The summed E-state index contributed by atoms with van der Waals surface area (Å²) in [6.07, 6.45) is 3.64. The number of nitrogens with zero attached hydrogens (tertiary/aromatic N) is 3. The van der Waals surface area contributed by atoms with E-state index in [1.165, 1.54) is 24.3 Å². The molecule has 1 saturated heterocycles.